The molecule has 1 amide bonds. The fourth-order valence-electron chi connectivity index (χ4n) is 1.88. The van der Waals surface area contributed by atoms with Crippen LogP contribution in [0.3, 0.4) is 0 Å². The summed E-state index contributed by atoms with van der Waals surface area (Å²) in [6.45, 7) is -0.191. The molecule has 0 heterocycles. The molecule has 0 aliphatic carbocycles. The number of benzene rings is 2. The highest BCUT2D eigenvalue weighted by Gasteiger charge is 2.15. The van der Waals surface area contributed by atoms with Gasteiger partial charge in [-0.2, -0.15) is 0 Å². The molecule has 0 atom stereocenters. The van der Waals surface area contributed by atoms with E-state index in [1.807, 2.05) is 0 Å². The van der Waals surface area contributed by atoms with Gasteiger partial charge in [0.15, 0.2) is 0 Å². The third kappa shape index (κ3) is 4.21. The number of hydrogen-bond acceptors (Lipinski definition) is 5. The smallest absolute Gasteiger partial charge is 0.261 e. The molecule has 4 N–H and O–H groups in total. The number of nitrogens with two attached hydrogens (primary N) is 1. The van der Waals surface area contributed by atoms with Crippen molar-refractivity contribution in [2.45, 2.75) is 4.90 Å². The highest BCUT2D eigenvalue weighted by Crippen LogP contribution is 2.29. The van der Waals surface area contributed by atoms with E-state index in [1.54, 1.807) is 24.3 Å². The van der Waals surface area contributed by atoms with Crippen molar-refractivity contribution < 1.29 is 17.9 Å². The van der Waals surface area contributed by atoms with Crippen molar-refractivity contribution in [2.24, 2.45) is 5.73 Å². The molecule has 0 unspecified atom stereocenters. The first kappa shape index (κ1) is 16.8. The van der Waals surface area contributed by atoms with Gasteiger partial charge in [0.2, 0.25) is 5.91 Å². The van der Waals surface area contributed by atoms with E-state index >= 15 is 0 Å². The predicted octanol–water partition coefficient (Wildman–Crippen LogP) is 1.39. The van der Waals surface area contributed by atoms with Gasteiger partial charge in [0.25, 0.3) is 10.0 Å². The lowest BCUT2D eigenvalue weighted by Gasteiger charge is -2.13. The summed E-state index contributed by atoms with van der Waals surface area (Å²) in [6, 6.07) is 12.5. The topological polar surface area (TPSA) is 111 Å². The lowest BCUT2D eigenvalue weighted by Crippen LogP contribution is -2.22. The molecule has 0 saturated carbocycles. The largest absolute Gasteiger partial charge is 0.495 e. The third-order valence-corrected chi connectivity index (χ3v) is 4.36. The second kappa shape index (κ2) is 7.12. The fourth-order valence-corrected chi connectivity index (χ4v) is 2.95. The zero-order valence-electron chi connectivity index (χ0n) is 12.4. The second-order valence-corrected chi connectivity index (χ2v) is 6.27. The number of ether oxygens (including phenoxy) is 1. The monoisotopic (exact) mass is 335 g/mol. The average molecular weight is 335 g/mol. The summed E-state index contributed by atoms with van der Waals surface area (Å²) in [6.07, 6.45) is 0. The lowest BCUT2D eigenvalue weighted by molar-refractivity contribution is -0.114. The maximum Gasteiger partial charge on any atom is 0.261 e. The van der Waals surface area contributed by atoms with Crippen molar-refractivity contribution in [3.8, 4) is 5.75 Å². The van der Waals surface area contributed by atoms with Crippen LogP contribution in [0, 0.1) is 0 Å². The third-order valence-electron chi connectivity index (χ3n) is 2.96. The van der Waals surface area contributed by atoms with Crippen LogP contribution in [0.1, 0.15) is 0 Å². The van der Waals surface area contributed by atoms with Crippen LogP contribution in [0.4, 0.5) is 11.4 Å². The van der Waals surface area contributed by atoms with Crippen molar-refractivity contribution >= 4 is 27.3 Å². The van der Waals surface area contributed by atoms with E-state index < -0.39 is 15.9 Å². The highest BCUT2D eigenvalue weighted by molar-refractivity contribution is 7.92. The summed E-state index contributed by atoms with van der Waals surface area (Å²) < 4.78 is 32.2. The van der Waals surface area contributed by atoms with Crippen molar-refractivity contribution in [1.82, 2.24) is 0 Å². The molecule has 0 aromatic heterocycles. The van der Waals surface area contributed by atoms with Crippen molar-refractivity contribution in [3.63, 3.8) is 0 Å². The normalized spacial score (nSPS) is 10.9. The quantitative estimate of drug-likeness (QED) is 0.739. The fraction of sp³-hybridized carbons (Fsp3) is 0.133. The van der Waals surface area contributed by atoms with E-state index in [1.165, 1.54) is 31.4 Å². The summed E-state index contributed by atoms with van der Waals surface area (Å²) in [4.78, 5) is 11.6. The number of amides is 1. The Balaban J connectivity index is 2.30. The van der Waals surface area contributed by atoms with E-state index in [-0.39, 0.29) is 11.4 Å². The van der Waals surface area contributed by atoms with E-state index in [2.05, 4.69) is 10.0 Å². The van der Waals surface area contributed by atoms with Crippen LogP contribution < -0.4 is 20.5 Å². The van der Waals surface area contributed by atoms with Gasteiger partial charge in [-0.25, -0.2) is 8.42 Å². The number of methoxy groups -OCH3 is 1. The molecular weight excluding hydrogens is 318 g/mol. The van der Waals surface area contributed by atoms with E-state index in [0.717, 1.165) is 0 Å². The number of carbonyl (C=O) groups is 1. The highest BCUT2D eigenvalue weighted by atomic mass is 32.2. The number of carbonyl (C=O) groups excluding carboxylic acids is 1. The van der Waals surface area contributed by atoms with Crippen molar-refractivity contribution in [3.05, 3.63) is 48.5 Å². The van der Waals surface area contributed by atoms with Crippen LogP contribution in [0.5, 0.6) is 5.75 Å². The molecule has 2 aromatic rings. The minimum atomic E-state index is -3.71. The molecule has 0 saturated heterocycles. The van der Waals surface area contributed by atoms with Crippen molar-refractivity contribution in [1.29, 1.82) is 0 Å². The Morgan fingerprint density at radius 3 is 2.48 bits per heavy atom. The molecule has 7 nitrogen and oxygen atoms in total. The van der Waals surface area contributed by atoms with Gasteiger partial charge < -0.3 is 15.8 Å². The van der Waals surface area contributed by atoms with Crippen LogP contribution in [0.15, 0.2) is 53.4 Å². The molecule has 0 aliphatic rings. The second-order valence-electron chi connectivity index (χ2n) is 4.59. The van der Waals surface area contributed by atoms with Gasteiger partial charge in [-0.05, 0) is 30.3 Å². The van der Waals surface area contributed by atoms with E-state index in [9.17, 15) is 13.2 Å². The summed E-state index contributed by atoms with van der Waals surface area (Å²) in [5.74, 6) is -0.0131. The minimum absolute atomic E-state index is 0.142. The molecule has 0 spiro atoms. The Morgan fingerprint density at radius 2 is 1.87 bits per heavy atom. The van der Waals surface area contributed by atoms with Crippen molar-refractivity contribution in [2.75, 3.05) is 23.7 Å². The molecule has 0 fully saturated rings. The molecule has 23 heavy (non-hydrogen) atoms. The van der Waals surface area contributed by atoms with Gasteiger partial charge in [0.05, 0.1) is 29.9 Å². The Labute approximate surface area is 134 Å². The molecule has 0 aliphatic heterocycles. The standard InChI is InChI=1S/C15H17N3O4S/c1-22-14-8-7-11(9-13(14)17-15(19)10-16)18-23(20,21)12-5-3-2-4-6-12/h2-9,18H,10,16H2,1H3,(H,17,19). The average Bonchev–Trinajstić information content (AvgIpc) is 2.55. The Bertz CT molecular complexity index is 792. The van der Waals surface area contributed by atoms with Gasteiger partial charge in [-0.15, -0.1) is 0 Å². The van der Waals surface area contributed by atoms with Crippen LogP contribution >= 0.6 is 0 Å². The Kier molecular flexibility index (Phi) is 5.20. The summed E-state index contributed by atoms with van der Waals surface area (Å²) in [7, 11) is -2.27. The van der Waals surface area contributed by atoms with Gasteiger partial charge in [0, 0.05) is 0 Å². The summed E-state index contributed by atoms with van der Waals surface area (Å²) >= 11 is 0. The zero-order chi connectivity index (χ0) is 16.9. The van der Waals surface area contributed by atoms with Gasteiger partial charge in [-0.3, -0.25) is 9.52 Å². The first-order valence-electron chi connectivity index (χ1n) is 6.72. The molecule has 0 radical (unpaired) electrons. The first-order valence-corrected chi connectivity index (χ1v) is 8.20. The minimum Gasteiger partial charge on any atom is -0.495 e. The van der Waals surface area contributed by atoms with Gasteiger partial charge in [-0.1, -0.05) is 18.2 Å². The molecule has 122 valence electrons. The first-order chi connectivity index (χ1) is 11.0. The Hall–Kier alpha value is -2.58. The van der Waals surface area contributed by atoms with Crippen LogP contribution in [0.2, 0.25) is 0 Å². The number of hydrogen-bond donors (Lipinski definition) is 3. The number of sulfonamides is 1. The predicted molar refractivity (Wildman–Crippen MR) is 87.9 cm³/mol. The summed E-state index contributed by atoms with van der Waals surface area (Å²) in [5.41, 5.74) is 5.89. The molecule has 8 heteroatoms. The molecule has 2 aromatic carbocycles. The number of anilines is 2. The van der Waals surface area contributed by atoms with Gasteiger partial charge in [0.1, 0.15) is 5.75 Å². The summed E-state index contributed by atoms with van der Waals surface area (Å²) in [5, 5.41) is 2.55. The van der Waals surface area contributed by atoms with Crippen LogP contribution in [-0.4, -0.2) is 28.0 Å². The maximum absolute atomic E-state index is 12.3. The SMILES string of the molecule is COc1ccc(NS(=O)(=O)c2ccccc2)cc1NC(=O)CN. The van der Waals surface area contributed by atoms with E-state index in [4.69, 9.17) is 10.5 Å². The molecule has 2 rings (SSSR count). The van der Waals surface area contributed by atoms with E-state index in [0.29, 0.717) is 17.1 Å². The molecular formula is C15H17N3O4S. The number of nitrogens with one attached hydrogen (secondary N) is 2. The van der Waals surface area contributed by atoms with Crippen LogP contribution in [0.25, 0.3) is 0 Å². The number of rotatable bonds is 6. The molecule has 0 bridgehead atoms. The van der Waals surface area contributed by atoms with Crippen LogP contribution in [-0.2, 0) is 14.8 Å². The maximum atomic E-state index is 12.3. The zero-order valence-corrected chi connectivity index (χ0v) is 13.3. The lowest BCUT2D eigenvalue weighted by atomic mass is 10.2. The van der Waals surface area contributed by atoms with Gasteiger partial charge >= 0.3 is 0 Å². The Morgan fingerprint density at radius 1 is 1.17 bits per heavy atom.